The molecule has 1 N–H and O–H groups in total. The number of anilines is 1. The van der Waals surface area contributed by atoms with E-state index in [-0.39, 0.29) is 11.9 Å². The molecule has 2 aliphatic rings. The highest BCUT2D eigenvalue weighted by Crippen LogP contribution is 2.27. The first-order chi connectivity index (χ1) is 10.7. The normalized spacial score (nSPS) is 18.8. The van der Waals surface area contributed by atoms with Crippen molar-refractivity contribution < 1.29 is 14.3 Å². The summed E-state index contributed by atoms with van der Waals surface area (Å²) in [7, 11) is 0. The summed E-state index contributed by atoms with van der Waals surface area (Å²) >= 11 is 0. The van der Waals surface area contributed by atoms with Gasteiger partial charge in [-0.3, -0.25) is 4.79 Å². The van der Waals surface area contributed by atoms with E-state index in [1.807, 2.05) is 24.3 Å². The molecule has 1 atom stereocenters. The number of benzene rings is 1. The molecule has 6 nitrogen and oxygen atoms in total. The van der Waals surface area contributed by atoms with Crippen LogP contribution in [0, 0.1) is 0 Å². The van der Waals surface area contributed by atoms with Crippen molar-refractivity contribution >= 4 is 17.6 Å². The van der Waals surface area contributed by atoms with Crippen molar-refractivity contribution in [3.63, 3.8) is 0 Å². The van der Waals surface area contributed by atoms with Crippen molar-refractivity contribution in [1.82, 2.24) is 10.2 Å². The molecule has 0 radical (unpaired) electrons. The van der Waals surface area contributed by atoms with Gasteiger partial charge in [-0.05, 0) is 25.0 Å². The lowest BCUT2D eigenvalue weighted by molar-refractivity contribution is -0.120. The van der Waals surface area contributed by atoms with E-state index in [1.165, 1.54) is 5.56 Å². The van der Waals surface area contributed by atoms with E-state index >= 15 is 0 Å². The number of rotatable bonds is 2. The van der Waals surface area contributed by atoms with Gasteiger partial charge in [-0.25, -0.2) is 4.79 Å². The molecule has 1 saturated heterocycles. The lowest BCUT2D eigenvalue weighted by Crippen LogP contribution is -2.53. The maximum atomic E-state index is 12.6. The van der Waals surface area contributed by atoms with E-state index in [2.05, 4.69) is 5.32 Å². The summed E-state index contributed by atoms with van der Waals surface area (Å²) in [5.74, 6) is -0.0634. The Morgan fingerprint density at radius 3 is 2.68 bits per heavy atom. The van der Waals surface area contributed by atoms with Gasteiger partial charge in [0.25, 0.3) is 0 Å². The Morgan fingerprint density at radius 1 is 1.18 bits per heavy atom. The summed E-state index contributed by atoms with van der Waals surface area (Å²) in [6, 6.07) is 7.17. The monoisotopic (exact) mass is 303 g/mol. The molecular weight excluding hydrogens is 282 g/mol. The minimum absolute atomic E-state index is 0.0634. The van der Waals surface area contributed by atoms with Crippen LogP contribution in [0.3, 0.4) is 0 Å². The van der Waals surface area contributed by atoms with E-state index < -0.39 is 6.04 Å². The van der Waals surface area contributed by atoms with Crippen LogP contribution >= 0.6 is 0 Å². The molecule has 3 amide bonds. The van der Waals surface area contributed by atoms with Crippen molar-refractivity contribution in [3.05, 3.63) is 29.8 Å². The lowest BCUT2D eigenvalue weighted by Gasteiger charge is -2.29. The molecule has 1 aromatic carbocycles. The Labute approximate surface area is 130 Å². The van der Waals surface area contributed by atoms with Gasteiger partial charge in [0, 0.05) is 25.3 Å². The first kappa shape index (κ1) is 14.8. The predicted molar refractivity (Wildman–Crippen MR) is 82.9 cm³/mol. The average molecular weight is 303 g/mol. The second kappa shape index (κ2) is 6.36. The van der Waals surface area contributed by atoms with Gasteiger partial charge in [-0.2, -0.15) is 0 Å². The Kier molecular flexibility index (Phi) is 4.29. The molecule has 0 unspecified atom stereocenters. The number of para-hydroxylation sites is 1. The molecule has 22 heavy (non-hydrogen) atoms. The largest absolute Gasteiger partial charge is 0.378 e. The van der Waals surface area contributed by atoms with Crippen molar-refractivity contribution in [2.24, 2.45) is 0 Å². The molecule has 6 heteroatoms. The first-order valence-corrected chi connectivity index (χ1v) is 7.69. The number of hydrogen-bond donors (Lipinski definition) is 1. The topological polar surface area (TPSA) is 61.9 Å². The van der Waals surface area contributed by atoms with E-state index in [0.717, 1.165) is 12.1 Å². The number of ether oxygens (including phenoxy) is 1. The molecule has 0 aromatic heterocycles. The van der Waals surface area contributed by atoms with Crippen LogP contribution in [0.5, 0.6) is 0 Å². The van der Waals surface area contributed by atoms with E-state index in [4.69, 9.17) is 4.74 Å². The molecular formula is C16H21N3O3. The van der Waals surface area contributed by atoms with Crippen molar-refractivity contribution in [1.29, 1.82) is 0 Å². The van der Waals surface area contributed by atoms with Crippen LogP contribution in [0.25, 0.3) is 0 Å². The molecule has 3 rings (SSSR count). The van der Waals surface area contributed by atoms with E-state index in [0.29, 0.717) is 32.8 Å². The summed E-state index contributed by atoms with van der Waals surface area (Å²) in [6.45, 7) is 4.65. The Morgan fingerprint density at radius 2 is 1.91 bits per heavy atom. The van der Waals surface area contributed by atoms with Crippen LogP contribution in [0.1, 0.15) is 12.5 Å². The maximum absolute atomic E-state index is 12.6. The number of amides is 3. The zero-order valence-electron chi connectivity index (χ0n) is 12.7. The highest BCUT2D eigenvalue weighted by molar-refractivity contribution is 6.00. The standard InChI is InChI=1S/C16H21N3O3/c1-12(17-16(21)18-8-10-22-11-9-18)15(20)19-7-6-13-4-2-3-5-14(13)19/h2-5,12H,6-11H2,1H3,(H,17,21)/t12-/m1/s1. The predicted octanol–water partition coefficient (Wildman–Crippen LogP) is 1.01. The second-order valence-corrected chi connectivity index (χ2v) is 5.64. The summed E-state index contributed by atoms with van der Waals surface area (Å²) in [5, 5.41) is 2.80. The van der Waals surface area contributed by atoms with Gasteiger partial charge in [0.05, 0.1) is 13.2 Å². The van der Waals surface area contributed by atoms with E-state index in [9.17, 15) is 9.59 Å². The quantitative estimate of drug-likeness (QED) is 0.887. The fourth-order valence-electron chi connectivity index (χ4n) is 2.91. The minimum atomic E-state index is -0.540. The number of hydrogen-bond acceptors (Lipinski definition) is 3. The molecule has 2 aliphatic heterocycles. The highest BCUT2D eigenvalue weighted by Gasteiger charge is 2.29. The highest BCUT2D eigenvalue weighted by atomic mass is 16.5. The van der Waals surface area contributed by atoms with Crippen LogP contribution in [0.4, 0.5) is 10.5 Å². The fourth-order valence-corrected chi connectivity index (χ4v) is 2.91. The molecule has 0 aliphatic carbocycles. The fraction of sp³-hybridized carbons (Fsp3) is 0.500. The second-order valence-electron chi connectivity index (χ2n) is 5.64. The van der Waals surface area contributed by atoms with Gasteiger partial charge < -0.3 is 19.9 Å². The van der Waals surface area contributed by atoms with Crippen molar-refractivity contribution in [2.75, 3.05) is 37.7 Å². The van der Waals surface area contributed by atoms with Crippen LogP contribution in [-0.2, 0) is 16.0 Å². The third-order valence-electron chi connectivity index (χ3n) is 4.16. The first-order valence-electron chi connectivity index (χ1n) is 7.69. The van der Waals surface area contributed by atoms with Crippen LogP contribution < -0.4 is 10.2 Å². The number of morpholine rings is 1. The van der Waals surface area contributed by atoms with Gasteiger partial charge in [0.2, 0.25) is 5.91 Å². The third kappa shape index (κ3) is 2.92. The Hall–Kier alpha value is -2.08. The number of fused-ring (bicyclic) bond motifs is 1. The van der Waals surface area contributed by atoms with Crippen molar-refractivity contribution in [3.8, 4) is 0 Å². The van der Waals surface area contributed by atoms with Gasteiger partial charge >= 0.3 is 6.03 Å². The average Bonchev–Trinajstić information content (AvgIpc) is 2.99. The van der Waals surface area contributed by atoms with Crippen LogP contribution in [0.15, 0.2) is 24.3 Å². The summed E-state index contributed by atoms with van der Waals surface area (Å²) < 4.78 is 5.23. The van der Waals surface area contributed by atoms with Gasteiger partial charge in [-0.15, -0.1) is 0 Å². The van der Waals surface area contributed by atoms with Crippen molar-refractivity contribution in [2.45, 2.75) is 19.4 Å². The molecule has 2 heterocycles. The SMILES string of the molecule is C[C@@H](NC(=O)N1CCOCC1)C(=O)N1CCc2ccccc21. The lowest BCUT2D eigenvalue weighted by atomic mass is 10.2. The molecule has 0 saturated carbocycles. The number of nitrogens with zero attached hydrogens (tertiary/aromatic N) is 2. The molecule has 0 bridgehead atoms. The maximum Gasteiger partial charge on any atom is 0.318 e. The molecule has 1 fully saturated rings. The molecule has 0 spiro atoms. The zero-order valence-corrected chi connectivity index (χ0v) is 12.7. The minimum Gasteiger partial charge on any atom is -0.378 e. The summed E-state index contributed by atoms with van der Waals surface area (Å²) in [6.07, 6.45) is 0.867. The Balaban J connectivity index is 1.62. The van der Waals surface area contributed by atoms with Gasteiger partial charge in [0.1, 0.15) is 6.04 Å². The van der Waals surface area contributed by atoms with Gasteiger partial charge in [0.15, 0.2) is 0 Å². The smallest absolute Gasteiger partial charge is 0.318 e. The van der Waals surface area contributed by atoms with E-state index in [1.54, 1.807) is 16.7 Å². The van der Waals surface area contributed by atoms with Crippen LogP contribution in [-0.4, -0.2) is 55.7 Å². The third-order valence-corrected chi connectivity index (χ3v) is 4.16. The van der Waals surface area contributed by atoms with Gasteiger partial charge in [-0.1, -0.05) is 18.2 Å². The Bertz CT molecular complexity index is 570. The molecule has 118 valence electrons. The summed E-state index contributed by atoms with van der Waals surface area (Å²) in [4.78, 5) is 28.2. The summed E-state index contributed by atoms with van der Waals surface area (Å²) in [5.41, 5.74) is 2.14. The number of carbonyl (C=O) groups excluding carboxylic acids is 2. The number of nitrogens with one attached hydrogen (secondary N) is 1. The molecule has 1 aromatic rings. The van der Waals surface area contributed by atoms with Crippen LogP contribution in [0.2, 0.25) is 0 Å². The number of carbonyl (C=O) groups is 2. The zero-order chi connectivity index (χ0) is 15.5. The number of urea groups is 1.